The second kappa shape index (κ2) is 7.36. The van der Waals surface area contributed by atoms with Gasteiger partial charge in [0.25, 0.3) is 5.91 Å². The summed E-state index contributed by atoms with van der Waals surface area (Å²) in [6, 6.07) is 15.9. The maximum atomic E-state index is 12.3. The molecule has 3 aromatic rings. The van der Waals surface area contributed by atoms with Crippen molar-refractivity contribution in [3.8, 4) is 6.07 Å². The summed E-state index contributed by atoms with van der Waals surface area (Å²) in [5, 5.41) is 21.8. The van der Waals surface area contributed by atoms with E-state index in [0.717, 1.165) is 11.1 Å². The number of H-pyrrole nitrogens is 1. The van der Waals surface area contributed by atoms with E-state index in [0.29, 0.717) is 17.5 Å². The van der Waals surface area contributed by atoms with Gasteiger partial charge in [-0.25, -0.2) is 4.79 Å². The van der Waals surface area contributed by atoms with Gasteiger partial charge < -0.3 is 15.4 Å². The van der Waals surface area contributed by atoms with Crippen LogP contribution in [0.1, 0.15) is 21.5 Å². The molecule has 0 saturated heterocycles. The first kappa shape index (κ1) is 17.0. The molecule has 128 valence electrons. The number of aromatic amines is 1. The minimum atomic E-state index is -1.04. The number of aromatic carboxylic acids is 1. The molecule has 0 fully saturated rings. The van der Waals surface area contributed by atoms with Gasteiger partial charge in [-0.2, -0.15) is 5.26 Å². The molecule has 0 aliphatic heterocycles. The summed E-state index contributed by atoms with van der Waals surface area (Å²) >= 11 is 0. The van der Waals surface area contributed by atoms with Crippen molar-refractivity contribution in [1.29, 1.82) is 5.26 Å². The number of nitrogens with one attached hydrogen (secondary N) is 2. The van der Waals surface area contributed by atoms with Crippen molar-refractivity contribution in [1.82, 2.24) is 10.3 Å². The van der Waals surface area contributed by atoms with Crippen LogP contribution in [-0.2, 0) is 11.3 Å². The van der Waals surface area contributed by atoms with Gasteiger partial charge in [0.05, 0.1) is 5.56 Å². The number of nitriles is 1. The lowest BCUT2D eigenvalue weighted by Crippen LogP contribution is -2.23. The Labute approximate surface area is 149 Å². The average Bonchev–Trinajstić information content (AvgIpc) is 3.07. The third kappa shape index (κ3) is 3.62. The first-order valence-electron chi connectivity index (χ1n) is 7.87. The highest BCUT2D eigenvalue weighted by Crippen LogP contribution is 2.22. The first-order chi connectivity index (χ1) is 12.6. The van der Waals surface area contributed by atoms with E-state index in [2.05, 4.69) is 10.3 Å². The van der Waals surface area contributed by atoms with Gasteiger partial charge in [0, 0.05) is 29.2 Å². The van der Waals surface area contributed by atoms with Crippen LogP contribution in [0.4, 0.5) is 0 Å². The van der Waals surface area contributed by atoms with Crippen LogP contribution < -0.4 is 5.32 Å². The molecule has 0 unspecified atom stereocenters. The fourth-order valence-corrected chi connectivity index (χ4v) is 2.57. The summed E-state index contributed by atoms with van der Waals surface area (Å²) in [7, 11) is 0. The number of aromatic nitrogens is 1. The molecule has 1 amide bonds. The summed E-state index contributed by atoms with van der Waals surface area (Å²) in [5.74, 6) is -1.52. The molecule has 26 heavy (non-hydrogen) atoms. The van der Waals surface area contributed by atoms with E-state index in [1.807, 2.05) is 36.4 Å². The predicted molar refractivity (Wildman–Crippen MR) is 97.1 cm³/mol. The van der Waals surface area contributed by atoms with Gasteiger partial charge in [0.15, 0.2) is 0 Å². The van der Waals surface area contributed by atoms with Gasteiger partial charge in [-0.05, 0) is 29.8 Å². The fourth-order valence-electron chi connectivity index (χ4n) is 2.57. The van der Waals surface area contributed by atoms with Crippen LogP contribution in [0.2, 0.25) is 0 Å². The number of nitrogens with zero attached hydrogens (tertiary/aromatic N) is 1. The van der Waals surface area contributed by atoms with Crippen LogP contribution in [0, 0.1) is 11.3 Å². The van der Waals surface area contributed by atoms with E-state index >= 15 is 0 Å². The molecule has 0 aliphatic rings. The van der Waals surface area contributed by atoms with Crippen LogP contribution >= 0.6 is 0 Å². The minimum absolute atomic E-state index is 0.0532. The number of carbonyl (C=O) groups is 2. The Morgan fingerprint density at radius 3 is 2.65 bits per heavy atom. The summed E-state index contributed by atoms with van der Waals surface area (Å²) in [6.45, 7) is 0.315. The van der Waals surface area contributed by atoms with Gasteiger partial charge in [0.1, 0.15) is 11.6 Å². The molecule has 3 rings (SSSR count). The lowest BCUT2D eigenvalue weighted by molar-refractivity contribution is -0.117. The zero-order chi connectivity index (χ0) is 18.5. The number of carboxylic acids is 1. The van der Waals surface area contributed by atoms with E-state index in [9.17, 15) is 14.9 Å². The second-order valence-corrected chi connectivity index (χ2v) is 5.65. The summed E-state index contributed by atoms with van der Waals surface area (Å²) in [5.41, 5.74) is 2.32. The molecule has 2 aromatic carbocycles. The number of carboxylic acid groups (broad SMARTS) is 1. The standard InChI is InChI=1S/C20H15N3O3/c21-10-15(19(24)23-11-13-4-2-1-3-5-13)8-16-12-22-18-7-6-14(20(25)26)9-17(16)18/h1-9,12,22H,11H2,(H,23,24)(H,25,26). The van der Waals surface area contributed by atoms with Gasteiger partial charge in [-0.1, -0.05) is 30.3 Å². The summed E-state index contributed by atoms with van der Waals surface area (Å²) in [6.07, 6.45) is 3.09. The number of benzene rings is 2. The summed E-state index contributed by atoms with van der Waals surface area (Å²) in [4.78, 5) is 26.4. The third-order valence-corrected chi connectivity index (χ3v) is 3.92. The predicted octanol–water partition coefficient (Wildman–Crippen LogP) is 3.09. The molecule has 6 nitrogen and oxygen atoms in total. The van der Waals surface area contributed by atoms with Gasteiger partial charge in [-0.15, -0.1) is 0 Å². The minimum Gasteiger partial charge on any atom is -0.478 e. The van der Waals surface area contributed by atoms with E-state index < -0.39 is 11.9 Å². The van der Waals surface area contributed by atoms with Crippen LogP contribution in [0.25, 0.3) is 17.0 Å². The molecule has 0 atom stereocenters. The van der Waals surface area contributed by atoms with Crippen molar-refractivity contribution >= 4 is 28.9 Å². The molecule has 1 aromatic heterocycles. The zero-order valence-electron chi connectivity index (χ0n) is 13.7. The molecule has 0 saturated carbocycles. The SMILES string of the molecule is N#CC(=Cc1c[nH]c2ccc(C(=O)O)cc12)C(=O)NCc1ccccc1. The Balaban J connectivity index is 1.85. The molecular weight excluding hydrogens is 330 g/mol. The summed E-state index contributed by atoms with van der Waals surface area (Å²) < 4.78 is 0. The number of amides is 1. The number of hydrogen-bond donors (Lipinski definition) is 3. The average molecular weight is 345 g/mol. The molecule has 3 N–H and O–H groups in total. The number of carbonyl (C=O) groups excluding carboxylic acids is 1. The Morgan fingerprint density at radius 2 is 1.96 bits per heavy atom. The lowest BCUT2D eigenvalue weighted by atomic mass is 10.1. The maximum absolute atomic E-state index is 12.3. The Morgan fingerprint density at radius 1 is 1.19 bits per heavy atom. The first-order valence-corrected chi connectivity index (χ1v) is 7.87. The van der Waals surface area contributed by atoms with Crippen molar-refractivity contribution in [3.63, 3.8) is 0 Å². The van der Waals surface area contributed by atoms with Crippen molar-refractivity contribution in [3.05, 3.63) is 77.0 Å². The molecular formula is C20H15N3O3. The highest BCUT2D eigenvalue weighted by molar-refractivity contribution is 6.04. The van der Waals surface area contributed by atoms with Gasteiger partial charge in [-0.3, -0.25) is 4.79 Å². The quantitative estimate of drug-likeness (QED) is 0.488. The van der Waals surface area contributed by atoms with Crippen molar-refractivity contribution < 1.29 is 14.7 Å². The van der Waals surface area contributed by atoms with Crippen LogP contribution in [0.5, 0.6) is 0 Å². The normalized spacial score (nSPS) is 11.1. The van der Waals surface area contributed by atoms with Crippen molar-refractivity contribution in [2.45, 2.75) is 6.54 Å². The van der Waals surface area contributed by atoms with E-state index in [1.54, 1.807) is 12.3 Å². The third-order valence-electron chi connectivity index (χ3n) is 3.92. The van der Waals surface area contributed by atoms with Crippen LogP contribution in [0.3, 0.4) is 0 Å². The smallest absolute Gasteiger partial charge is 0.335 e. The molecule has 0 radical (unpaired) electrons. The van der Waals surface area contributed by atoms with Crippen LogP contribution in [0.15, 0.2) is 60.3 Å². The highest BCUT2D eigenvalue weighted by Gasteiger charge is 2.12. The van der Waals surface area contributed by atoms with E-state index in [1.165, 1.54) is 18.2 Å². The van der Waals surface area contributed by atoms with E-state index in [-0.39, 0.29) is 11.1 Å². The van der Waals surface area contributed by atoms with Crippen molar-refractivity contribution in [2.75, 3.05) is 0 Å². The molecule has 6 heteroatoms. The van der Waals surface area contributed by atoms with E-state index in [4.69, 9.17) is 5.11 Å². The number of fused-ring (bicyclic) bond motifs is 1. The maximum Gasteiger partial charge on any atom is 0.335 e. The molecule has 0 spiro atoms. The zero-order valence-corrected chi connectivity index (χ0v) is 13.7. The van der Waals surface area contributed by atoms with Gasteiger partial charge in [0.2, 0.25) is 0 Å². The lowest BCUT2D eigenvalue weighted by Gasteiger charge is -2.04. The highest BCUT2D eigenvalue weighted by atomic mass is 16.4. The second-order valence-electron chi connectivity index (χ2n) is 5.65. The van der Waals surface area contributed by atoms with Crippen molar-refractivity contribution in [2.24, 2.45) is 0 Å². The molecule has 0 bridgehead atoms. The monoisotopic (exact) mass is 345 g/mol. The number of rotatable bonds is 5. The van der Waals surface area contributed by atoms with Gasteiger partial charge >= 0.3 is 5.97 Å². The fraction of sp³-hybridized carbons (Fsp3) is 0.0500. The Hall–Kier alpha value is -3.85. The Bertz CT molecular complexity index is 1040. The van der Waals surface area contributed by atoms with Crippen LogP contribution in [-0.4, -0.2) is 22.0 Å². The molecule has 1 heterocycles. The topological polar surface area (TPSA) is 106 Å². The Kier molecular flexibility index (Phi) is 4.81. The number of hydrogen-bond acceptors (Lipinski definition) is 3. The largest absolute Gasteiger partial charge is 0.478 e. The molecule has 0 aliphatic carbocycles.